The minimum atomic E-state index is -3.41. The second-order valence-electron chi connectivity index (χ2n) is 6.03. The van der Waals surface area contributed by atoms with E-state index in [0.29, 0.717) is 16.3 Å². The van der Waals surface area contributed by atoms with Crippen LogP contribution in [0.25, 0.3) is 11.3 Å². The number of ether oxygens (including phenoxy) is 1. The maximum absolute atomic E-state index is 12.7. The first-order valence-corrected chi connectivity index (χ1v) is 11.3. The van der Waals surface area contributed by atoms with Crippen LogP contribution in [-0.2, 0) is 9.84 Å². The van der Waals surface area contributed by atoms with E-state index in [0.717, 1.165) is 17.0 Å². The minimum absolute atomic E-state index is 0.0774. The molecular weight excluding hydrogens is 420 g/mol. The van der Waals surface area contributed by atoms with Crippen LogP contribution in [0.5, 0.6) is 5.75 Å². The molecule has 3 aromatic rings. The number of amides is 1. The van der Waals surface area contributed by atoms with Gasteiger partial charge in [-0.05, 0) is 43.3 Å². The Balaban J connectivity index is 1.91. The van der Waals surface area contributed by atoms with Crippen molar-refractivity contribution >= 4 is 44.4 Å². The highest BCUT2D eigenvalue weighted by molar-refractivity contribution is 7.90. The fourth-order valence-corrected chi connectivity index (χ4v) is 4.04. The number of methoxy groups -OCH3 is 1. The molecule has 0 bridgehead atoms. The third kappa shape index (κ3) is 4.35. The van der Waals surface area contributed by atoms with Gasteiger partial charge in [-0.25, -0.2) is 13.4 Å². The lowest BCUT2D eigenvalue weighted by Crippen LogP contribution is -2.14. The number of aromatic nitrogens is 1. The number of anilines is 1. The van der Waals surface area contributed by atoms with Crippen molar-refractivity contribution in [2.75, 3.05) is 18.7 Å². The number of hydrogen-bond donors (Lipinski definition) is 1. The van der Waals surface area contributed by atoms with Crippen LogP contribution in [0.15, 0.2) is 46.7 Å². The number of carbonyl (C=O) groups is 1. The fourth-order valence-electron chi connectivity index (χ4n) is 2.57. The van der Waals surface area contributed by atoms with E-state index in [1.807, 2.05) is 12.3 Å². The van der Waals surface area contributed by atoms with Gasteiger partial charge in [0, 0.05) is 22.9 Å². The van der Waals surface area contributed by atoms with Crippen molar-refractivity contribution in [1.82, 2.24) is 4.98 Å². The summed E-state index contributed by atoms with van der Waals surface area (Å²) in [6.07, 6.45) is 1.09. The number of halogens is 1. The van der Waals surface area contributed by atoms with Crippen LogP contribution >= 0.6 is 22.9 Å². The van der Waals surface area contributed by atoms with Crippen molar-refractivity contribution in [2.24, 2.45) is 0 Å². The Morgan fingerprint density at radius 3 is 2.57 bits per heavy atom. The molecule has 0 unspecified atom stereocenters. The Morgan fingerprint density at radius 1 is 1.21 bits per heavy atom. The number of nitrogens with zero attached hydrogens (tertiary/aromatic N) is 1. The van der Waals surface area contributed by atoms with Gasteiger partial charge in [0.05, 0.1) is 33.3 Å². The number of rotatable bonds is 5. The third-order valence-electron chi connectivity index (χ3n) is 3.96. The second kappa shape index (κ2) is 7.90. The summed E-state index contributed by atoms with van der Waals surface area (Å²) in [6.45, 7) is 1.90. The van der Waals surface area contributed by atoms with Gasteiger partial charge in [-0.1, -0.05) is 11.6 Å². The van der Waals surface area contributed by atoms with Crippen LogP contribution in [0.3, 0.4) is 0 Å². The number of benzene rings is 2. The maximum Gasteiger partial charge on any atom is 0.259 e. The summed E-state index contributed by atoms with van der Waals surface area (Å²) in [7, 11) is -2.03. The van der Waals surface area contributed by atoms with Crippen molar-refractivity contribution < 1.29 is 17.9 Å². The molecule has 1 aromatic heterocycles. The van der Waals surface area contributed by atoms with Crippen LogP contribution in [0, 0.1) is 6.92 Å². The predicted molar refractivity (Wildman–Crippen MR) is 111 cm³/mol. The van der Waals surface area contributed by atoms with E-state index < -0.39 is 15.7 Å². The highest BCUT2D eigenvalue weighted by atomic mass is 35.5. The van der Waals surface area contributed by atoms with Gasteiger partial charge in [-0.3, -0.25) is 4.79 Å². The Bertz CT molecular complexity index is 1160. The van der Waals surface area contributed by atoms with Gasteiger partial charge >= 0.3 is 0 Å². The van der Waals surface area contributed by atoms with E-state index in [-0.39, 0.29) is 16.2 Å². The molecule has 6 nitrogen and oxygen atoms in total. The molecule has 3 rings (SSSR count). The van der Waals surface area contributed by atoms with Crippen LogP contribution in [0.2, 0.25) is 5.02 Å². The van der Waals surface area contributed by atoms with Crippen LogP contribution in [-0.4, -0.2) is 32.7 Å². The smallest absolute Gasteiger partial charge is 0.259 e. The summed E-state index contributed by atoms with van der Waals surface area (Å²) in [5.41, 5.74) is 2.20. The molecule has 1 N–H and O–H groups in total. The monoisotopic (exact) mass is 436 g/mol. The molecule has 1 amide bonds. The summed E-state index contributed by atoms with van der Waals surface area (Å²) in [6, 6.07) is 9.23. The van der Waals surface area contributed by atoms with E-state index in [4.69, 9.17) is 16.3 Å². The first-order chi connectivity index (χ1) is 13.2. The molecule has 2 aromatic carbocycles. The van der Waals surface area contributed by atoms with Gasteiger partial charge in [-0.15, -0.1) is 11.3 Å². The third-order valence-corrected chi connectivity index (χ3v) is 6.18. The topological polar surface area (TPSA) is 85.4 Å². The van der Waals surface area contributed by atoms with Crippen LogP contribution < -0.4 is 10.1 Å². The molecular formula is C19H17ClN2O4S2. The molecule has 28 heavy (non-hydrogen) atoms. The van der Waals surface area contributed by atoms with E-state index >= 15 is 0 Å². The predicted octanol–water partition coefficient (Wildman–Crippen LogP) is 4.44. The Morgan fingerprint density at radius 2 is 1.96 bits per heavy atom. The average Bonchev–Trinajstić information content (AvgIpc) is 3.08. The second-order valence-corrected chi connectivity index (χ2v) is 9.52. The SMILES string of the molecule is COc1cc(S(C)(=O)=O)ccc1C(=O)Nc1ccc(Cl)c(-c2csc(C)n2)c1. The largest absolute Gasteiger partial charge is 0.496 e. The number of thiazole rings is 1. The Labute approximate surface area is 172 Å². The number of carbonyl (C=O) groups excluding carboxylic acids is 1. The van der Waals surface area contributed by atoms with Gasteiger partial charge < -0.3 is 10.1 Å². The van der Waals surface area contributed by atoms with Crippen molar-refractivity contribution in [3.05, 3.63) is 57.4 Å². The molecule has 0 saturated carbocycles. The zero-order valence-corrected chi connectivity index (χ0v) is 17.7. The average molecular weight is 437 g/mol. The molecule has 0 atom stereocenters. The van der Waals surface area contributed by atoms with Crippen molar-refractivity contribution in [3.8, 4) is 17.0 Å². The number of hydrogen-bond acceptors (Lipinski definition) is 6. The maximum atomic E-state index is 12.7. The first kappa shape index (κ1) is 20.3. The standard InChI is InChI=1S/C19H17ClN2O4S2/c1-11-21-17(10-27-11)15-8-12(4-7-16(15)20)22-19(23)14-6-5-13(28(3,24)25)9-18(14)26-2/h4-10H,1-3H3,(H,22,23). The quantitative estimate of drug-likeness (QED) is 0.639. The molecule has 0 aliphatic heterocycles. The summed E-state index contributed by atoms with van der Waals surface area (Å²) in [5.74, 6) is -0.260. The number of aryl methyl sites for hydroxylation is 1. The number of sulfone groups is 1. The van der Waals surface area contributed by atoms with Gasteiger partial charge in [0.2, 0.25) is 0 Å². The summed E-state index contributed by atoms with van der Waals surface area (Å²) in [4.78, 5) is 17.2. The molecule has 9 heteroatoms. The molecule has 146 valence electrons. The van der Waals surface area contributed by atoms with E-state index in [1.165, 1.54) is 36.6 Å². The molecule has 0 aliphatic rings. The Hall–Kier alpha value is -2.42. The van der Waals surface area contributed by atoms with E-state index in [1.54, 1.807) is 18.2 Å². The van der Waals surface area contributed by atoms with E-state index in [9.17, 15) is 13.2 Å². The van der Waals surface area contributed by atoms with Crippen LogP contribution in [0.4, 0.5) is 5.69 Å². The highest BCUT2D eigenvalue weighted by Crippen LogP contribution is 2.32. The van der Waals surface area contributed by atoms with Gasteiger partial charge in [0.15, 0.2) is 9.84 Å². The van der Waals surface area contributed by atoms with Crippen molar-refractivity contribution in [1.29, 1.82) is 0 Å². The zero-order chi connectivity index (χ0) is 20.5. The first-order valence-electron chi connectivity index (χ1n) is 8.10. The molecule has 1 heterocycles. The molecule has 0 radical (unpaired) electrons. The van der Waals surface area contributed by atoms with Gasteiger partial charge in [-0.2, -0.15) is 0 Å². The normalized spacial score (nSPS) is 11.3. The van der Waals surface area contributed by atoms with Crippen LogP contribution in [0.1, 0.15) is 15.4 Å². The van der Waals surface area contributed by atoms with Gasteiger partial charge in [0.25, 0.3) is 5.91 Å². The molecule has 0 fully saturated rings. The minimum Gasteiger partial charge on any atom is -0.496 e. The van der Waals surface area contributed by atoms with Gasteiger partial charge in [0.1, 0.15) is 5.75 Å². The lowest BCUT2D eigenvalue weighted by molar-refractivity contribution is 0.102. The molecule has 0 aliphatic carbocycles. The lowest BCUT2D eigenvalue weighted by atomic mass is 10.1. The summed E-state index contributed by atoms with van der Waals surface area (Å²) in [5, 5.41) is 6.12. The fraction of sp³-hybridized carbons (Fsp3) is 0.158. The Kier molecular flexibility index (Phi) is 5.74. The summed E-state index contributed by atoms with van der Waals surface area (Å²) >= 11 is 7.79. The van der Waals surface area contributed by atoms with Crippen molar-refractivity contribution in [2.45, 2.75) is 11.8 Å². The van der Waals surface area contributed by atoms with E-state index in [2.05, 4.69) is 10.3 Å². The molecule has 0 saturated heterocycles. The zero-order valence-electron chi connectivity index (χ0n) is 15.3. The van der Waals surface area contributed by atoms with Crippen molar-refractivity contribution in [3.63, 3.8) is 0 Å². The molecule has 0 spiro atoms. The summed E-state index contributed by atoms with van der Waals surface area (Å²) < 4.78 is 28.6. The highest BCUT2D eigenvalue weighted by Gasteiger charge is 2.17. The number of nitrogens with one attached hydrogen (secondary N) is 1. The lowest BCUT2D eigenvalue weighted by Gasteiger charge is -2.12.